The van der Waals surface area contributed by atoms with Gasteiger partial charge in [0.2, 0.25) is 0 Å². The van der Waals surface area contributed by atoms with Gasteiger partial charge in [-0.25, -0.2) is 0 Å². The zero-order valence-electron chi connectivity index (χ0n) is 9.77. The zero-order valence-corrected chi connectivity index (χ0v) is 9.77. The summed E-state index contributed by atoms with van der Waals surface area (Å²) < 4.78 is 16.0. The lowest BCUT2D eigenvalue weighted by Gasteiger charge is -2.10. The van der Waals surface area contributed by atoms with E-state index in [1.54, 1.807) is 26.4 Å². The van der Waals surface area contributed by atoms with Crippen molar-refractivity contribution in [1.29, 1.82) is 0 Å². The average Bonchev–Trinajstić information content (AvgIpc) is 2.39. The van der Waals surface area contributed by atoms with Crippen LogP contribution in [0.4, 0.5) is 0 Å². The molecule has 2 aromatic carbocycles. The molecule has 0 spiro atoms. The first-order chi connectivity index (χ1) is 8.33. The summed E-state index contributed by atoms with van der Waals surface area (Å²) >= 11 is 0. The molecular weight excluding hydrogens is 216 g/mol. The standard InChI is InChI=1S/C14H13O3/c1-15-11-6-5-7-12(10-11)17-14-9-4-3-8-13(14)16-2/h3-6,8-10H,1-2H3. The molecule has 2 rings (SSSR count). The fraction of sp³-hybridized carbons (Fsp3) is 0.143. The third-order valence-corrected chi connectivity index (χ3v) is 2.27. The molecule has 0 aliphatic rings. The Balaban J connectivity index is 2.24. The Bertz CT molecular complexity index is 494. The van der Waals surface area contributed by atoms with E-state index >= 15 is 0 Å². The maximum Gasteiger partial charge on any atom is 0.169 e. The number of ether oxygens (including phenoxy) is 3. The minimum absolute atomic E-state index is 0.592. The second-order valence-corrected chi connectivity index (χ2v) is 3.35. The molecule has 17 heavy (non-hydrogen) atoms. The van der Waals surface area contributed by atoms with Crippen molar-refractivity contribution in [2.24, 2.45) is 0 Å². The van der Waals surface area contributed by atoms with E-state index in [2.05, 4.69) is 6.07 Å². The van der Waals surface area contributed by atoms with Crippen molar-refractivity contribution < 1.29 is 14.2 Å². The average molecular weight is 229 g/mol. The van der Waals surface area contributed by atoms with Gasteiger partial charge in [-0.2, -0.15) is 0 Å². The van der Waals surface area contributed by atoms with Gasteiger partial charge >= 0.3 is 0 Å². The Morgan fingerprint density at radius 2 is 1.71 bits per heavy atom. The molecule has 0 aliphatic carbocycles. The Hall–Kier alpha value is -2.16. The van der Waals surface area contributed by atoms with Crippen LogP contribution in [0.1, 0.15) is 0 Å². The second kappa shape index (κ2) is 5.25. The van der Waals surface area contributed by atoms with E-state index in [0.717, 1.165) is 5.75 Å². The van der Waals surface area contributed by atoms with Gasteiger partial charge in [0.05, 0.1) is 14.2 Å². The Labute approximate surface area is 101 Å². The normalized spacial score (nSPS) is 9.76. The van der Waals surface area contributed by atoms with Crippen LogP contribution >= 0.6 is 0 Å². The van der Waals surface area contributed by atoms with Gasteiger partial charge in [-0.05, 0) is 24.3 Å². The van der Waals surface area contributed by atoms with E-state index in [9.17, 15) is 0 Å². The maximum absolute atomic E-state index is 5.68. The van der Waals surface area contributed by atoms with Crippen LogP contribution in [0.3, 0.4) is 0 Å². The Morgan fingerprint density at radius 1 is 0.941 bits per heavy atom. The van der Waals surface area contributed by atoms with Crippen LogP contribution in [0.2, 0.25) is 0 Å². The predicted octanol–water partition coefficient (Wildman–Crippen LogP) is 3.30. The summed E-state index contributed by atoms with van der Waals surface area (Å²) in [6.45, 7) is 0. The van der Waals surface area contributed by atoms with Gasteiger partial charge in [0.25, 0.3) is 0 Å². The van der Waals surface area contributed by atoms with Gasteiger partial charge in [0.15, 0.2) is 11.5 Å². The van der Waals surface area contributed by atoms with E-state index in [4.69, 9.17) is 14.2 Å². The molecule has 87 valence electrons. The molecule has 3 nitrogen and oxygen atoms in total. The number of para-hydroxylation sites is 2. The van der Waals surface area contributed by atoms with Gasteiger partial charge in [0, 0.05) is 12.1 Å². The molecule has 0 bridgehead atoms. The third kappa shape index (κ3) is 2.69. The first-order valence-electron chi connectivity index (χ1n) is 5.20. The molecule has 0 aliphatic heterocycles. The third-order valence-electron chi connectivity index (χ3n) is 2.27. The first kappa shape index (κ1) is 11.3. The quantitative estimate of drug-likeness (QED) is 0.805. The molecule has 2 aromatic rings. The van der Waals surface area contributed by atoms with E-state index in [0.29, 0.717) is 17.2 Å². The highest BCUT2D eigenvalue weighted by Gasteiger charge is 2.04. The van der Waals surface area contributed by atoms with Gasteiger partial charge in [-0.3, -0.25) is 0 Å². The van der Waals surface area contributed by atoms with Crippen LogP contribution in [-0.2, 0) is 0 Å². The minimum Gasteiger partial charge on any atom is -0.497 e. The monoisotopic (exact) mass is 229 g/mol. The summed E-state index contributed by atoms with van der Waals surface area (Å²) in [5, 5.41) is 0. The summed E-state index contributed by atoms with van der Waals surface area (Å²) in [6, 6.07) is 15.8. The van der Waals surface area contributed by atoms with E-state index in [-0.39, 0.29) is 0 Å². The molecule has 3 heteroatoms. The number of hydrogen-bond acceptors (Lipinski definition) is 3. The number of rotatable bonds is 4. The van der Waals surface area contributed by atoms with E-state index < -0.39 is 0 Å². The van der Waals surface area contributed by atoms with Crippen molar-refractivity contribution >= 4 is 0 Å². The summed E-state index contributed by atoms with van der Waals surface area (Å²) in [7, 11) is 3.22. The van der Waals surface area contributed by atoms with Crippen molar-refractivity contribution in [2.45, 2.75) is 0 Å². The van der Waals surface area contributed by atoms with Crippen LogP contribution in [-0.4, -0.2) is 14.2 Å². The minimum atomic E-state index is 0.592. The van der Waals surface area contributed by atoms with Crippen molar-refractivity contribution in [3.05, 3.63) is 48.5 Å². The van der Waals surface area contributed by atoms with Gasteiger partial charge < -0.3 is 14.2 Å². The molecule has 0 saturated carbocycles. The van der Waals surface area contributed by atoms with Crippen molar-refractivity contribution in [3.8, 4) is 23.0 Å². The van der Waals surface area contributed by atoms with Crippen LogP contribution in [0.5, 0.6) is 23.0 Å². The lowest BCUT2D eigenvalue weighted by molar-refractivity contribution is 0.375. The smallest absolute Gasteiger partial charge is 0.169 e. The fourth-order valence-corrected chi connectivity index (χ4v) is 1.43. The second-order valence-electron chi connectivity index (χ2n) is 3.35. The van der Waals surface area contributed by atoms with Crippen LogP contribution in [0.25, 0.3) is 0 Å². The van der Waals surface area contributed by atoms with Gasteiger partial charge in [-0.15, -0.1) is 0 Å². The Kier molecular flexibility index (Phi) is 3.50. The molecule has 0 aromatic heterocycles. The molecular formula is C14H13O3. The van der Waals surface area contributed by atoms with Gasteiger partial charge in [-0.1, -0.05) is 12.1 Å². The molecule has 0 saturated heterocycles. The largest absolute Gasteiger partial charge is 0.497 e. The number of benzene rings is 2. The van der Waals surface area contributed by atoms with Crippen molar-refractivity contribution in [3.63, 3.8) is 0 Å². The van der Waals surface area contributed by atoms with Crippen LogP contribution < -0.4 is 14.2 Å². The summed E-state index contributed by atoms with van der Waals surface area (Å²) in [6.07, 6.45) is 0. The lowest BCUT2D eigenvalue weighted by atomic mass is 10.3. The molecule has 0 atom stereocenters. The van der Waals surface area contributed by atoms with E-state index in [1.165, 1.54) is 0 Å². The topological polar surface area (TPSA) is 27.7 Å². The number of methoxy groups -OCH3 is 2. The maximum atomic E-state index is 5.68. The SMILES string of the molecule is COc1cc[c]c(Oc2ccccc2OC)c1. The molecule has 0 unspecified atom stereocenters. The fourth-order valence-electron chi connectivity index (χ4n) is 1.43. The molecule has 0 heterocycles. The summed E-state index contributed by atoms with van der Waals surface area (Å²) in [5.41, 5.74) is 0. The van der Waals surface area contributed by atoms with Crippen LogP contribution in [0, 0.1) is 6.07 Å². The highest BCUT2D eigenvalue weighted by Crippen LogP contribution is 2.31. The molecule has 0 fully saturated rings. The first-order valence-corrected chi connectivity index (χ1v) is 5.20. The van der Waals surface area contributed by atoms with Crippen molar-refractivity contribution in [1.82, 2.24) is 0 Å². The lowest BCUT2D eigenvalue weighted by Crippen LogP contribution is -1.90. The molecule has 0 N–H and O–H groups in total. The van der Waals surface area contributed by atoms with Gasteiger partial charge in [0.1, 0.15) is 11.5 Å². The number of hydrogen-bond donors (Lipinski definition) is 0. The highest BCUT2D eigenvalue weighted by molar-refractivity contribution is 5.43. The van der Waals surface area contributed by atoms with E-state index in [1.807, 2.05) is 30.3 Å². The highest BCUT2D eigenvalue weighted by atomic mass is 16.5. The predicted molar refractivity (Wildman–Crippen MR) is 64.9 cm³/mol. The summed E-state index contributed by atoms with van der Waals surface area (Å²) in [5.74, 6) is 2.66. The van der Waals surface area contributed by atoms with Crippen LogP contribution in [0.15, 0.2) is 42.5 Å². The van der Waals surface area contributed by atoms with Crippen molar-refractivity contribution in [2.75, 3.05) is 14.2 Å². The summed E-state index contributed by atoms with van der Waals surface area (Å²) in [4.78, 5) is 0. The molecule has 0 amide bonds. The Morgan fingerprint density at radius 3 is 2.41 bits per heavy atom. The zero-order chi connectivity index (χ0) is 12.1. The molecule has 1 radical (unpaired) electrons.